The molecule has 0 aromatic carbocycles. The van der Waals surface area contributed by atoms with Crippen molar-refractivity contribution in [3.63, 3.8) is 0 Å². The van der Waals surface area contributed by atoms with Crippen LogP contribution >= 0.6 is 0 Å². The number of nitriles is 1. The highest BCUT2D eigenvalue weighted by Crippen LogP contribution is 2.25. The summed E-state index contributed by atoms with van der Waals surface area (Å²) in [6, 6.07) is 4.74. The van der Waals surface area contributed by atoms with Crippen LogP contribution in [0.2, 0.25) is 0 Å². The zero-order valence-electron chi connectivity index (χ0n) is 10.00. The molecule has 1 rings (SSSR count). The van der Waals surface area contributed by atoms with E-state index in [-0.39, 0.29) is 12.6 Å². The number of rotatable bonds is 6. The highest BCUT2D eigenvalue weighted by atomic mass is 19.4. The summed E-state index contributed by atoms with van der Waals surface area (Å²) in [7, 11) is 0. The van der Waals surface area contributed by atoms with Crippen LogP contribution in [0.4, 0.5) is 13.2 Å². The summed E-state index contributed by atoms with van der Waals surface area (Å²) in [6.45, 7) is 1.41. The lowest BCUT2D eigenvalue weighted by Crippen LogP contribution is -2.37. The van der Waals surface area contributed by atoms with Gasteiger partial charge < -0.3 is 9.73 Å². The van der Waals surface area contributed by atoms with Crippen LogP contribution in [0.3, 0.4) is 0 Å². The lowest BCUT2D eigenvalue weighted by molar-refractivity contribution is -0.157. The van der Waals surface area contributed by atoms with E-state index in [2.05, 4.69) is 5.32 Å². The first-order valence-electron chi connectivity index (χ1n) is 5.65. The fraction of sp³-hybridized carbons (Fsp3) is 0.583. The molecule has 0 radical (unpaired) electrons. The highest BCUT2D eigenvalue weighted by Gasteiger charge is 2.39. The van der Waals surface area contributed by atoms with Gasteiger partial charge in [-0.05, 0) is 25.5 Å². The molecule has 0 saturated heterocycles. The zero-order valence-corrected chi connectivity index (χ0v) is 10.00. The third-order valence-corrected chi connectivity index (χ3v) is 2.63. The van der Waals surface area contributed by atoms with Crippen molar-refractivity contribution in [1.29, 1.82) is 5.26 Å². The summed E-state index contributed by atoms with van der Waals surface area (Å²) < 4.78 is 42.0. The maximum Gasteiger partial charge on any atom is 0.405 e. The maximum absolute atomic E-state index is 12.3. The van der Waals surface area contributed by atoms with Crippen molar-refractivity contribution < 1.29 is 17.6 Å². The fourth-order valence-electron chi connectivity index (χ4n) is 1.47. The molecule has 1 aromatic heterocycles. The minimum absolute atomic E-state index is 0.103. The van der Waals surface area contributed by atoms with Gasteiger partial charge in [0.25, 0.3) is 0 Å². The molecule has 1 aromatic rings. The normalized spacial score (nSPS) is 15.1. The molecule has 0 spiro atoms. The summed E-state index contributed by atoms with van der Waals surface area (Å²) >= 11 is 0. The van der Waals surface area contributed by atoms with Gasteiger partial charge in [0.2, 0.25) is 0 Å². The summed E-state index contributed by atoms with van der Waals surface area (Å²) in [6.07, 6.45) is -1.60. The van der Waals surface area contributed by atoms with Crippen LogP contribution < -0.4 is 5.32 Å². The van der Waals surface area contributed by atoms with Crippen molar-refractivity contribution in [1.82, 2.24) is 5.32 Å². The van der Waals surface area contributed by atoms with E-state index in [4.69, 9.17) is 9.68 Å². The van der Waals surface area contributed by atoms with Crippen LogP contribution in [0.1, 0.15) is 19.1 Å². The van der Waals surface area contributed by atoms with Gasteiger partial charge in [0, 0.05) is 19.0 Å². The third-order valence-electron chi connectivity index (χ3n) is 2.63. The van der Waals surface area contributed by atoms with Crippen molar-refractivity contribution >= 4 is 0 Å². The topological polar surface area (TPSA) is 49.0 Å². The average molecular weight is 260 g/mol. The third kappa shape index (κ3) is 4.80. The van der Waals surface area contributed by atoms with E-state index >= 15 is 0 Å². The Balaban J connectivity index is 2.28. The minimum Gasteiger partial charge on any atom is -0.469 e. The molecule has 0 aliphatic heterocycles. The van der Waals surface area contributed by atoms with E-state index in [9.17, 15) is 13.2 Å². The quantitative estimate of drug-likeness (QED) is 0.855. The SMILES string of the molecule is CC(CCc1ccco1)NCC(C#N)C(F)(F)F. The zero-order chi connectivity index (χ0) is 13.6. The number of nitrogens with one attached hydrogen (secondary N) is 1. The Morgan fingerprint density at radius 1 is 1.50 bits per heavy atom. The second kappa shape index (κ2) is 6.45. The molecule has 1 N–H and O–H groups in total. The van der Waals surface area contributed by atoms with Crippen LogP contribution in [0.5, 0.6) is 0 Å². The van der Waals surface area contributed by atoms with Gasteiger partial charge in [0.05, 0.1) is 12.3 Å². The highest BCUT2D eigenvalue weighted by molar-refractivity contribution is 4.98. The van der Waals surface area contributed by atoms with Crippen molar-refractivity contribution in [2.45, 2.75) is 32.0 Å². The van der Waals surface area contributed by atoms with Crippen LogP contribution in [0, 0.1) is 17.2 Å². The molecule has 2 unspecified atom stereocenters. The van der Waals surface area contributed by atoms with Gasteiger partial charge in [0.15, 0.2) is 5.92 Å². The Morgan fingerprint density at radius 2 is 2.22 bits per heavy atom. The van der Waals surface area contributed by atoms with Gasteiger partial charge in [-0.15, -0.1) is 0 Å². The number of halogens is 3. The fourth-order valence-corrected chi connectivity index (χ4v) is 1.47. The number of alkyl halides is 3. The molecule has 100 valence electrons. The van der Waals surface area contributed by atoms with E-state index in [0.29, 0.717) is 12.8 Å². The Labute approximate surface area is 104 Å². The first kappa shape index (κ1) is 14.6. The molecular formula is C12H15F3N2O. The number of hydrogen-bond donors (Lipinski definition) is 1. The number of hydrogen-bond acceptors (Lipinski definition) is 3. The second-order valence-corrected chi connectivity index (χ2v) is 4.15. The molecular weight excluding hydrogens is 245 g/mol. The molecule has 0 bridgehead atoms. The standard InChI is InChI=1S/C12H15F3N2O/c1-9(4-5-11-3-2-6-18-11)17-8-10(7-16)12(13,14)15/h2-3,6,9-10,17H,4-5,8H2,1H3. The summed E-state index contributed by atoms with van der Waals surface area (Å²) in [5, 5.41) is 11.1. The largest absolute Gasteiger partial charge is 0.469 e. The van der Waals surface area contributed by atoms with E-state index in [0.717, 1.165) is 5.76 Å². The van der Waals surface area contributed by atoms with Crippen molar-refractivity contribution in [2.24, 2.45) is 5.92 Å². The smallest absolute Gasteiger partial charge is 0.405 e. The average Bonchev–Trinajstić information content (AvgIpc) is 2.78. The van der Waals surface area contributed by atoms with Gasteiger partial charge in [-0.3, -0.25) is 0 Å². The summed E-state index contributed by atoms with van der Waals surface area (Å²) in [5.41, 5.74) is 0. The number of aryl methyl sites for hydroxylation is 1. The van der Waals surface area contributed by atoms with E-state index in [1.165, 1.54) is 6.07 Å². The lowest BCUT2D eigenvalue weighted by Gasteiger charge is -2.17. The van der Waals surface area contributed by atoms with Crippen molar-refractivity contribution in [3.8, 4) is 6.07 Å². The Kier molecular flexibility index (Phi) is 5.23. The van der Waals surface area contributed by atoms with Crippen LogP contribution in [0.25, 0.3) is 0 Å². The van der Waals surface area contributed by atoms with E-state index in [1.54, 1.807) is 19.3 Å². The minimum atomic E-state index is -4.47. The lowest BCUT2D eigenvalue weighted by atomic mass is 10.1. The summed E-state index contributed by atoms with van der Waals surface area (Å²) in [4.78, 5) is 0. The molecule has 0 aliphatic rings. The molecule has 0 saturated carbocycles. The monoisotopic (exact) mass is 260 g/mol. The Hall–Kier alpha value is -1.48. The van der Waals surface area contributed by atoms with Crippen molar-refractivity contribution in [3.05, 3.63) is 24.2 Å². The van der Waals surface area contributed by atoms with E-state index < -0.39 is 12.1 Å². The first-order chi connectivity index (χ1) is 8.43. The van der Waals surface area contributed by atoms with Gasteiger partial charge in [-0.25, -0.2) is 0 Å². The molecule has 0 aliphatic carbocycles. The van der Waals surface area contributed by atoms with Crippen LogP contribution in [0.15, 0.2) is 22.8 Å². The predicted octanol–water partition coefficient (Wildman–Crippen LogP) is 2.89. The molecule has 1 heterocycles. The van der Waals surface area contributed by atoms with Crippen LogP contribution in [-0.4, -0.2) is 18.8 Å². The molecule has 2 atom stereocenters. The Morgan fingerprint density at radius 3 is 2.72 bits per heavy atom. The molecule has 6 heteroatoms. The molecule has 0 amide bonds. The Bertz CT molecular complexity index is 381. The van der Waals surface area contributed by atoms with Gasteiger partial charge >= 0.3 is 6.18 Å². The van der Waals surface area contributed by atoms with Crippen molar-refractivity contribution in [2.75, 3.05) is 6.54 Å². The first-order valence-corrected chi connectivity index (χ1v) is 5.65. The molecule has 0 fully saturated rings. The van der Waals surface area contributed by atoms with Gasteiger partial charge in [-0.1, -0.05) is 0 Å². The summed E-state index contributed by atoms with van der Waals surface area (Å²) in [5.74, 6) is -1.15. The predicted molar refractivity (Wildman–Crippen MR) is 59.7 cm³/mol. The van der Waals surface area contributed by atoms with Gasteiger partial charge in [0.1, 0.15) is 5.76 Å². The number of furan rings is 1. The second-order valence-electron chi connectivity index (χ2n) is 4.15. The number of nitrogens with zero attached hydrogens (tertiary/aromatic N) is 1. The molecule has 18 heavy (non-hydrogen) atoms. The van der Waals surface area contributed by atoms with E-state index in [1.807, 2.05) is 6.07 Å². The molecule has 3 nitrogen and oxygen atoms in total. The van der Waals surface area contributed by atoms with Gasteiger partial charge in [-0.2, -0.15) is 18.4 Å². The maximum atomic E-state index is 12.3. The van der Waals surface area contributed by atoms with Crippen LogP contribution in [-0.2, 0) is 6.42 Å².